The summed E-state index contributed by atoms with van der Waals surface area (Å²) < 4.78 is 0. The number of aromatic nitrogens is 1. The largest absolute Gasteiger partial charge is 0.351 e. The van der Waals surface area contributed by atoms with Gasteiger partial charge in [0.1, 0.15) is 5.01 Å². The Balaban J connectivity index is 1.58. The van der Waals surface area contributed by atoms with Gasteiger partial charge in [-0.2, -0.15) is 0 Å². The molecule has 4 nitrogen and oxygen atoms in total. The Morgan fingerprint density at radius 3 is 2.83 bits per heavy atom. The molecule has 1 amide bonds. The van der Waals surface area contributed by atoms with Gasteiger partial charge in [0.05, 0.1) is 12.2 Å². The quantitative estimate of drug-likeness (QED) is 0.885. The molecule has 3 rings (SSSR count). The summed E-state index contributed by atoms with van der Waals surface area (Å²) in [4.78, 5) is 17.9. The van der Waals surface area contributed by atoms with Crippen molar-refractivity contribution in [1.82, 2.24) is 10.3 Å². The predicted octanol–water partition coefficient (Wildman–Crippen LogP) is 3.25. The number of amides is 1. The summed E-state index contributed by atoms with van der Waals surface area (Å²) in [5, 5.41) is 4.03. The van der Waals surface area contributed by atoms with Crippen LogP contribution in [-0.2, 0) is 11.3 Å². The van der Waals surface area contributed by atoms with Crippen LogP contribution in [0.2, 0.25) is 0 Å². The smallest absolute Gasteiger partial charge is 0.220 e. The molecule has 1 fully saturated rings. The third-order valence-corrected chi connectivity index (χ3v) is 5.73. The summed E-state index contributed by atoms with van der Waals surface area (Å²) in [6.45, 7) is 2.55. The standard InChI is InChI=1S/C18H23N3OS/c1-12-16(23-18(21-12)13-6-3-2-4-7-13)11-20-17(22)10-14-8-5-9-15(14)19/h2-4,6-7,14-15H,5,8-11,19H2,1H3,(H,20,22)/t14-,15+/m0/s1. The van der Waals surface area contributed by atoms with Crippen LogP contribution in [0.5, 0.6) is 0 Å². The molecule has 0 saturated heterocycles. The van der Waals surface area contributed by atoms with E-state index < -0.39 is 0 Å². The molecule has 0 bridgehead atoms. The van der Waals surface area contributed by atoms with E-state index in [0.29, 0.717) is 18.9 Å². The normalized spacial score (nSPS) is 20.6. The van der Waals surface area contributed by atoms with E-state index in [4.69, 9.17) is 5.73 Å². The first-order valence-corrected chi connectivity index (χ1v) is 8.99. The summed E-state index contributed by atoms with van der Waals surface area (Å²) in [6, 6.07) is 10.3. The van der Waals surface area contributed by atoms with E-state index in [-0.39, 0.29) is 11.9 Å². The SMILES string of the molecule is Cc1nc(-c2ccccc2)sc1CNC(=O)C[C@@H]1CCC[C@H]1N. The monoisotopic (exact) mass is 329 g/mol. The minimum absolute atomic E-state index is 0.0985. The summed E-state index contributed by atoms with van der Waals surface area (Å²) in [5.74, 6) is 0.443. The first-order chi connectivity index (χ1) is 11.1. The maximum atomic E-state index is 12.1. The lowest BCUT2D eigenvalue weighted by molar-refractivity contribution is -0.122. The molecule has 0 spiro atoms. The average Bonchev–Trinajstić information content (AvgIpc) is 3.12. The zero-order valence-corrected chi connectivity index (χ0v) is 14.2. The number of benzene rings is 1. The van der Waals surface area contributed by atoms with E-state index in [1.807, 2.05) is 25.1 Å². The molecule has 2 aromatic rings. The summed E-state index contributed by atoms with van der Waals surface area (Å²) in [7, 11) is 0. The molecule has 1 aliphatic rings. The summed E-state index contributed by atoms with van der Waals surface area (Å²) in [6.07, 6.45) is 3.82. The Bertz CT molecular complexity index is 668. The maximum Gasteiger partial charge on any atom is 0.220 e. The lowest BCUT2D eigenvalue weighted by Crippen LogP contribution is -2.31. The van der Waals surface area contributed by atoms with Crippen LogP contribution in [-0.4, -0.2) is 16.9 Å². The molecule has 1 aliphatic carbocycles. The van der Waals surface area contributed by atoms with Crippen molar-refractivity contribution < 1.29 is 4.79 Å². The fourth-order valence-corrected chi connectivity index (χ4v) is 4.11. The van der Waals surface area contributed by atoms with Gasteiger partial charge in [-0.05, 0) is 25.7 Å². The number of aryl methyl sites for hydroxylation is 1. The van der Waals surface area contributed by atoms with Crippen molar-refractivity contribution in [1.29, 1.82) is 0 Å². The topological polar surface area (TPSA) is 68.0 Å². The van der Waals surface area contributed by atoms with Gasteiger partial charge in [0.15, 0.2) is 0 Å². The molecule has 1 saturated carbocycles. The van der Waals surface area contributed by atoms with Crippen LogP contribution in [0.1, 0.15) is 36.3 Å². The second-order valence-corrected chi connectivity index (χ2v) is 7.31. The molecule has 1 aromatic heterocycles. The fourth-order valence-electron chi connectivity index (χ4n) is 3.10. The van der Waals surface area contributed by atoms with Gasteiger partial charge in [-0.25, -0.2) is 4.98 Å². The molecule has 5 heteroatoms. The highest BCUT2D eigenvalue weighted by Crippen LogP contribution is 2.28. The number of carbonyl (C=O) groups excluding carboxylic acids is 1. The van der Waals surface area contributed by atoms with Crippen LogP contribution in [0.3, 0.4) is 0 Å². The Morgan fingerprint density at radius 1 is 1.35 bits per heavy atom. The van der Waals surface area contributed by atoms with E-state index in [0.717, 1.165) is 40.4 Å². The van der Waals surface area contributed by atoms with Gasteiger partial charge in [-0.3, -0.25) is 4.79 Å². The first-order valence-electron chi connectivity index (χ1n) is 8.17. The van der Waals surface area contributed by atoms with Crippen LogP contribution in [0, 0.1) is 12.8 Å². The molecule has 0 unspecified atom stereocenters. The molecule has 0 aliphatic heterocycles. The highest BCUT2D eigenvalue weighted by Gasteiger charge is 2.26. The third-order valence-electron chi connectivity index (χ3n) is 4.52. The van der Waals surface area contributed by atoms with Crippen molar-refractivity contribution >= 4 is 17.2 Å². The lowest BCUT2D eigenvalue weighted by atomic mass is 10.00. The highest BCUT2D eigenvalue weighted by molar-refractivity contribution is 7.15. The number of rotatable bonds is 5. The van der Waals surface area contributed by atoms with E-state index >= 15 is 0 Å². The minimum atomic E-state index is 0.0985. The van der Waals surface area contributed by atoms with Crippen LogP contribution in [0.15, 0.2) is 30.3 Å². The van der Waals surface area contributed by atoms with Gasteiger partial charge in [0.25, 0.3) is 0 Å². The van der Waals surface area contributed by atoms with E-state index in [1.165, 1.54) is 0 Å². The first kappa shape index (κ1) is 16.1. The summed E-state index contributed by atoms with van der Waals surface area (Å²) in [5.41, 5.74) is 8.15. The van der Waals surface area contributed by atoms with Gasteiger partial charge < -0.3 is 11.1 Å². The third kappa shape index (κ3) is 3.98. The summed E-state index contributed by atoms with van der Waals surface area (Å²) >= 11 is 1.65. The van der Waals surface area contributed by atoms with Crippen molar-refractivity contribution in [2.24, 2.45) is 11.7 Å². The fraction of sp³-hybridized carbons (Fsp3) is 0.444. The molecule has 122 valence electrons. The van der Waals surface area contributed by atoms with Crippen molar-refractivity contribution in [2.45, 2.75) is 45.2 Å². The van der Waals surface area contributed by atoms with Crippen LogP contribution < -0.4 is 11.1 Å². The average molecular weight is 329 g/mol. The highest BCUT2D eigenvalue weighted by atomic mass is 32.1. The number of hydrogen-bond acceptors (Lipinski definition) is 4. The zero-order valence-electron chi connectivity index (χ0n) is 13.4. The molecule has 1 heterocycles. The Hall–Kier alpha value is -1.72. The number of nitrogens with zero attached hydrogens (tertiary/aromatic N) is 1. The zero-order chi connectivity index (χ0) is 16.2. The number of carbonyl (C=O) groups is 1. The van der Waals surface area contributed by atoms with Gasteiger partial charge in [-0.1, -0.05) is 36.8 Å². The van der Waals surface area contributed by atoms with Gasteiger partial charge in [0.2, 0.25) is 5.91 Å². The molecule has 2 atom stereocenters. The van der Waals surface area contributed by atoms with Gasteiger partial charge >= 0.3 is 0 Å². The van der Waals surface area contributed by atoms with Gasteiger partial charge in [-0.15, -0.1) is 11.3 Å². The van der Waals surface area contributed by atoms with Crippen molar-refractivity contribution in [3.8, 4) is 10.6 Å². The van der Waals surface area contributed by atoms with E-state index in [9.17, 15) is 4.79 Å². The van der Waals surface area contributed by atoms with E-state index in [1.54, 1.807) is 11.3 Å². The number of nitrogens with two attached hydrogens (primary N) is 1. The number of nitrogens with one attached hydrogen (secondary N) is 1. The van der Waals surface area contributed by atoms with Crippen LogP contribution in [0.4, 0.5) is 0 Å². The minimum Gasteiger partial charge on any atom is -0.351 e. The van der Waals surface area contributed by atoms with Crippen molar-refractivity contribution in [3.63, 3.8) is 0 Å². The molecule has 1 aromatic carbocycles. The van der Waals surface area contributed by atoms with Crippen LogP contribution in [0.25, 0.3) is 10.6 Å². The molecular weight excluding hydrogens is 306 g/mol. The molecule has 23 heavy (non-hydrogen) atoms. The lowest BCUT2D eigenvalue weighted by Gasteiger charge is -2.14. The van der Waals surface area contributed by atoms with Crippen molar-refractivity contribution in [2.75, 3.05) is 0 Å². The second-order valence-electron chi connectivity index (χ2n) is 6.23. The Labute approximate surface area is 141 Å². The van der Waals surface area contributed by atoms with Gasteiger partial charge in [0, 0.05) is 22.9 Å². The molecule has 3 N–H and O–H groups in total. The Kier molecular flexibility index (Phi) is 5.08. The maximum absolute atomic E-state index is 12.1. The number of thiazole rings is 1. The second kappa shape index (κ2) is 7.23. The van der Waals surface area contributed by atoms with Crippen LogP contribution >= 0.6 is 11.3 Å². The van der Waals surface area contributed by atoms with E-state index in [2.05, 4.69) is 22.4 Å². The number of hydrogen-bond donors (Lipinski definition) is 2. The molecule has 0 radical (unpaired) electrons. The Morgan fingerprint density at radius 2 is 2.13 bits per heavy atom. The molecular formula is C18H23N3OS. The predicted molar refractivity (Wildman–Crippen MR) is 94.1 cm³/mol. The van der Waals surface area contributed by atoms with Crippen molar-refractivity contribution in [3.05, 3.63) is 40.9 Å².